The van der Waals surface area contributed by atoms with Gasteiger partial charge in [-0.2, -0.15) is 0 Å². The Balaban J connectivity index is 1.18. The molecule has 2 fully saturated rings. The molecule has 288 valence electrons. The van der Waals surface area contributed by atoms with Gasteiger partial charge in [0, 0.05) is 24.8 Å². The fourth-order valence-corrected chi connectivity index (χ4v) is 7.71. The number of fused-ring (bicyclic) bond motifs is 1. The number of H-pyrrole nitrogens is 2. The predicted molar refractivity (Wildman–Crippen MR) is 204 cm³/mol. The number of amides is 4. The normalized spacial score (nSPS) is 21.1. The van der Waals surface area contributed by atoms with Crippen molar-refractivity contribution in [2.24, 2.45) is 23.7 Å². The van der Waals surface area contributed by atoms with E-state index in [9.17, 15) is 19.2 Å². The molecule has 4 amide bonds. The summed E-state index contributed by atoms with van der Waals surface area (Å²) in [4.78, 5) is 71.8. The minimum absolute atomic E-state index is 0.118. The zero-order valence-corrected chi connectivity index (χ0v) is 32.3. The Morgan fingerprint density at radius 3 is 1.74 bits per heavy atom. The molecule has 6 atom stereocenters. The molecule has 0 unspecified atom stereocenters. The quantitative estimate of drug-likeness (QED) is 0.149. The Bertz CT molecular complexity index is 1990. The molecule has 0 saturated carbocycles. The third kappa shape index (κ3) is 7.92. The van der Waals surface area contributed by atoms with Crippen molar-refractivity contribution in [3.8, 4) is 22.4 Å². The second-order valence-electron chi connectivity index (χ2n) is 15.5. The van der Waals surface area contributed by atoms with Gasteiger partial charge in [-0.15, -0.1) is 0 Å². The van der Waals surface area contributed by atoms with Crippen LogP contribution < -0.4 is 10.6 Å². The van der Waals surface area contributed by atoms with Crippen LogP contribution in [0.3, 0.4) is 0 Å². The van der Waals surface area contributed by atoms with E-state index < -0.39 is 24.3 Å². The zero-order valence-electron chi connectivity index (χ0n) is 32.3. The van der Waals surface area contributed by atoms with Gasteiger partial charge in [0.05, 0.1) is 43.0 Å². The summed E-state index contributed by atoms with van der Waals surface area (Å²) in [7, 11) is 2.58. The first-order chi connectivity index (χ1) is 25.8. The number of imidazole rings is 2. The van der Waals surface area contributed by atoms with Crippen molar-refractivity contribution in [2.45, 2.75) is 78.6 Å². The van der Waals surface area contributed by atoms with Crippen molar-refractivity contribution >= 4 is 35.0 Å². The number of carbonyl (C=O) groups is 4. The van der Waals surface area contributed by atoms with E-state index in [2.05, 4.69) is 46.6 Å². The van der Waals surface area contributed by atoms with Crippen LogP contribution in [0, 0.1) is 23.7 Å². The second-order valence-corrected chi connectivity index (χ2v) is 15.5. The molecule has 0 radical (unpaired) electrons. The molecular formula is C40H52N8O6. The number of nitrogens with zero attached hydrogens (tertiary/aromatic N) is 4. The minimum Gasteiger partial charge on any atom is -0.453 e. The summed E-state index contributed by atoms with van der Waals surface area (Å²) >= 11 is 0. The van der Waals surface area contributed by atoms with Gasteiger partial charge in [0.1, 0.15) is 23.7 Å². The van der Waals surface area contributed by atoms with Crippen LogP contribution in [0.2, 0.25) is 0 Å². The lowest BCUT2D eigenvalue weighted by Crippen LogP contribution is -2.51. The number of nitrogens with one attached hydrogen (secondary N) is 4. The molecule has 0 bridgehead atoms. The van der Waals surface area contributed by atoms with E-state index in [1.807, 2.05) is 74.0 Å². The molecule has 2 aliphatic heterocycles. The van der Waals surface area contributed by atoms with Crippen molar-refractivity contribution in [2.75, 3.05) is 27.3 Å². The van der Waals surface area contributed by atoms with Crippen LogP contribution in [0.25, 0.3) is 33.4 Å². The average Bonchev–Trinajstić information content (AvgIpc) is 3.97. The number of aromatic nitrogens is 4. The van der Waals surface area contributed by atoms with Crippen molar-refractivity contribution in [1.29, 1.82) is 0 Å². The highest BCUT2D eigenvalue weighted by atomic mass is 16.5. The van der Waals surface area contributed by atoms with Gasteiger partial charge in [-0.3, -0.25) is 9.59 Å². The monoisotopic (exact) mass is 740 g/mol. The summed E-state index contributed by atoms with van der Waals surface area (Å²) in [5.41, 5.74) is 5.40. The lowest BCUT2D eigenvalue weighted by atomic mass is 10.0. The van der Waals surface area contributed by atoms with Gasteiger partial charge < -0.3 is 39.9 Å². The summed E-state index contributed by atoms with van der Waals surface area (Å²) in [6, 6.07) is 12.4. The minimum atomic E-state index is -0.707. The Kier molecular flexibility index (Phi) is 11.3. The van der Waals surface area contributed by atoms with E-state index in [0.29, 0.717) is 18.9 Å². The number of ether oxygens (including phenoxy) is 2. The molecule has 4 aromatic rings. The van der Waals surface area contributed by atoms with E-state index in [1.165, 1.54) is 14.2 Å². The number of hydrogen-bond acceptors (Lipinski definition) is 8. The van der Waals surface area contributed by atoms with E-state index in [1.54, 1.807) is 0 Å². The lowest BCUT2D eigenvalue weighted by molar-refractivity contribution is -0.136. The molecule has 2 aliphatic rings. The molecule has 14 heteroatoms. The number of benzene rings is 2. The van der Waals surface area contributed by atoms with Gasteiger partial charge in [-0.05, 0) is 59.8 Å². The average molecular weight is 741 g/mol. The Hall–Kier alpha value is -5.40. The van der Waals surface area contributed by atoms with Gasteiger partial charge in [-0.1, -0.05) is 71.9 Å². The predicted octanol–water partition coefficient (Wildman–Crippen LogP) is 6.20. The van der Waals surface area contributed by atoms with Crippen molar-refractivity contribution in [3.63, 3.8) is 0 Å². The SMILES string of the molecule is COC(=O)N[C@H](C(=O)N1C[C@@H](C)C[C@H]1c1nc(-c2ccc(-c3ccc4[nH]c([C@@H]5C[C@H](C)CN5C(=O)[C@@H](NC(=O)OC)C(C)C)nc4c3)cc2)c[nH]1)C(C)C. The van der Waals surface area contributed by atoms with Gasteiger partial charge in [-0.25, -0.2) is 19.6 Å². The van der Waals surface area contributed by atoms with E-state index in [-0.39, 0.29) is 47.6 Å². The number of hydrogen-bond donors (Lipinski definition) is 4. The number of methoxy groups -OCH3 is 2. The summed E-state index contributed by atoms with van der Waals surface area (Å²) in [5, 5.41) is 5.42. The fourth-order valence-electron chi connectivity index (χ4n) is 7.71. The number of aromatic amines is 2. The third-order valence-electron chi connectivity index (χ3n) is 10.6. The topological polar surface area (TPSA) is 175 Å². The van der Waals surface area contributed by atoms with Crippen LogP contribution in [-0.4, -0.2) is 93.1 Å². The van der Waals surface area contributed by atoms with Gasteiger partial charge >= 0.3 is 12.2 Å². The number of alkyl carbamates (subject to hydrolysis) is 2. The van der Waals surface area contributed by atoms with E-state index in [0.717, 1.165) is 52.1 Å². The maximum absolute atomic E-state index is 13.7. The van der Waals surface area contributed by atoms with Crippen LogP contribution in [0.1, 0.15) is 78.1 Å². The summed E-state index contributed by atoms with van der Waals surface area (Å²) in [6.07, 6.45) is 2.13. The summed E-state index contributed by atoms with van der Waals surface area (Å²) < 4.78 is 9.56. The fraction of sp³-hybridized carbons (Fsp3) is 0.500. The molecule has 54 heavy (non-hydrogen) atoms. The van der Waals surface area contributed by atoms with Crippen LogP contribution in [0.4, 0.5) is 9.59 Å². The molecule has 0 aliphatic carbocycles. The highest BCUT2D eigenvalue weighted by Crippen LogP contribution is 2.38. The molecule has 14 nitrogen and oxygen atoms in total. The Labute approximate surface area is 315 Å². The van der Waals surface area contributed by atoms with Crippen LogP contribution in [-0.2, 0) is 19.1 Å². The maximum atomic E-state index is 13.7. The molecular weight excluding hydrogens is 688 g/mol. The van der Waals surface area contributed by atoms with Crippen LogP contribution in [0.15, 0.2) is 48.7 Å². The standard InChI is InChI=1S/C40H52N8O6/c1-21(2)33(45-39(51)53-7)37(49)47-19-23(5)15-31(47)35-41-18-30(44-35)26-11-9-25(10-12-26)27-13-14-28-29(17-27)43-36(42-28)32-16-24(6)20-48(32)38(50)34(22(3)4)46-40(52)54-8/h9-14,17-18,21-24,31-34H,15-16,19-20H2,1-8H3,(H,41,44)(H,42,43)(H,45,51)(H,46,52)/t23-,24-,31-,32-,33-,34-/m0/s1. The number of rotatable bonds is 10. The van der Waals surface area contributed by atoms with E-state index >= 15 is 0 Å². The number of likely N-dealkylation sites (tertiary alicyclic amines) is 2. The third-order valence-corrected chi connectivity index (χ3v) is 10.6. The maximum Gasteiger partial charge on any atom is 0.407 e. The Morgan fingerprint density at radius 1 is 0.722 bits per heavy atom. The first-order valence-electron chi connectivity index (χ1n) is 18.7. The van der Waals surface area contributed by atoms with Gasteiger partial charge in [0.25, 0.3) is 0 Å². The highest BCUT2D eigenvalue weighted by Gasteiger charge is 2.41. The zero-order chi connectivity index (χ0) is 38.8. The highest BCUT2D eigenvalue weighted by molar-refractivity contribution is 5.88. The molecule has 2 aromatic heterocycles. The molecule has 4 N–H and O–H groups in total. The Morgan fingerprint density at radius 2 is 1.22 bits per heavy atom. The largest absolute Gasteiger partial charge is 0.453 e. The summed E-state index contributed by atoms with van der Waals surface area (Å²) in [5.74, 6) is 1.45. The first kappa shape index (κ1) is 38.3. The smallest absolute Gasteiger partial charge is 0.407 e. The summed E-state index contributed by atoms with van der Waals surface area (Å²) in [6.45, 7) is 13.0. The first-order valence-corrected chi connectivity index (χ1v) is 18.7. The van der Waals surface area contributed by atoms with E-state index in [4.69, 9.17) is 19.4 Å². The molecule has 0 spiro atoms. The molecule has 4 heterocycles. The lowest BCUT2D eigenvalue weighted by Gasteiger charge is -2.30. The molecule has 2 saturated heterocycles. The van der Waals surface area contributed by atoms with Crippen molar-refractivity contribution < 1.29 is 28.7 Å². The molecule has 2 aromatic carbocycles. The second kappa shape index (κ2) is 15.9. The molecule has 6 rings (SSSR count). The van der Waals surface area contributed by atoms with Crippen molar-refractivity contribution in [1.82, 2.24) is 40.4 Å². The van der Waals surface area contributed by atoms with Gasteiger partial charge in [0.15, 0.2) is 0 Å². The number of carbonyl (C=O) groups excluding carboxylic acids is 4. The van der Waals surface area contributed by atoms with Crippen LogP contribution >= 0.6 is 0 Å². The van der Waals surface area contributed by atoms with Crippen molar-refractivity contribution in [3.05, 3.63) is 60.3 Å². The van der Waals surface area contributed by atoms with Crippen LogP contribution in [0.5, 0.6) is 0 Å². The van der Waals surface area contributed by atoms with Gasteiger partial charge in [0.2, 0.25) is 11.8 Å².